The number of carbonyl (C=O) groups is 1. The van der Waals surface area contributed by atoms with Gasteiger partial charge in [-0.15, -0.1) is 11.6 Å². The molecule has 0 aromatic carbocycles. The normalized spacial score (nSPS) is 33.4. The number of alkyl halides is 2. The van der Waals surface area contributed by atoms with Gasteiger partial charge in [0.1, 0.15) is 0 Å². The van der Waals surface area contributed by atoms with Crippen LogP contribution in [0.1, 0.15) is 0 Å². The number of amides is 1. The zero-order chi connectivity index (χ0) is 9.19. The van der Waals surface area contributed by atoms with Crippen LogP contribution in [0.4, 0.5) is 0 Å². The highest BCUT2D eigenvalue weighted by atomic mass is 79.9. The molecule has 0 bridgehead atoms. The number of nitrogens with two attached hydrogens (primary N) is 1. The molecule has 12 heavy (non-hydrogen) atoms. The van der Waals surface area contributed by atoms with Crippen LogP contribution >= 0.6 is 27.5 Å². The van der Waals surface area contributed by atoms with Crippen LogP contribution in [0.3, 0.4) is 0 Å². The van der Waals surface area contributed by atoms with Crippen molar-refractivity contribution in [1.29, 1.82) is 0 Å². The summed E-state index contributed by atoms with van der Waals surface area (Å²) in [6.45, 7) is 0. The lowest BCUT2D eigenvalue weighted by atomic mass is 9.99. The maximum Gasteiger partial charge on any atom is 0.260 e. The summed E-state index contributed by atoms with van der Waals surface area (Å²) in [7, 11) is 0. The zero-order valence-electron chi connectivity index (χ0n) is 6.13. The maximum absolute atomic E-state index is 11.2. The first-order valence-electron chi connectivity index (χ1n) is 3.31. The van der Waals surface area contributed by atoms with E-state index in [1.807, 2.05) is 11.5 Å². The second-order valence-electron chi connectivity index (χ2n) is 2.39. The highest BCUT2D eigenvalue weighted by Crippen LogP contribution is 2.31. The summed E-state index contributed by atoms with van der Waals surface area (Å²) >= 11 is 9.27. The predicted molar refractivity (Wildman–Crippen MR) is 51.9 cm³/mol. The van der Waals surface area contributed by atoms with E-state index in [0.29, 0.717) is 0 Å². The maximum atomic E-state index is 11.2. The van der Waals surface area contributed by atoms with Crippen LogP contribution in [0.15, 0.2) is 24.3 Å². The standard InChI is InChI=1S/C7H8BrClN2O/c8-5-3-1-2-4-7(5,9)6(12)11-10/h1-5H,10H2,(H,11,12). The fourth-order valence-corrected chi connectivity index (χ4v) is 1.64. The molecule has 1 aliphatic carbocycles. The predicted octanol–water partition coefficient (Wildman–Crippen LogP) is 0.843. The van der Waals surface area contributed by atoms with Gasteiger partial charge in [0.2, 0.25) is 0 Å². The molecule has 3 N–H and O–H groups in total. The van der Waals surface area contributed by atoms with Crippen LogP contribution in [0.5, 0.6) is 0 Å². The molecule has 0 saturated heterocycles. The van der Waals surface area contributed by atoms with Crippen molar-refractivity contribution < 1.29 is 4.79 Å². The number of rotatable bonds is 1. The van der Waals surface area contributed by atoms with Crippen molar-refractivity contribution in [2.45, 2.75) is 9.70 Å². The molecule has 0 fully saturated rings. The van der Waals surface area contributed by atoms with E-state index in [9.17, 15) is 4.79 Å². The van der Waals surface area contributed by atoms with E-state index in [1.165, 1.54) is 0 Å². The lowest BCUT2D eigenvalue weighted by Gasteiger charge is -2.26. The fourth-order valence-electron chi connectivity index (χ4n) is 0.901. The Kier molecular flexibility index (Phi) is 2.93. The van der Waals surface area contributed by atoms with Crippen LogP contribution in [0.25, 0.3) is 0 Å². The first-order valence-corrected chi connectivity index (χ1v) is 4.60. The van der Waals surface area contributed by atoms with Crippen molar-refractivity contribution in [1.82, 2.24) is 5.43 Å². The average Bonchev–Trinajstić information content (AvgIpc) is 2.09. The Hall–Kier alpha value is -0.320. The minimum Gasteiger partial charge on any atom is -0.292 e. The van der Waals surface area contributed by atoms with E-state index in [4.69, 9.17) is 17.4 Å². The first-order chi connectivity index (χ1) is 5.61. The van der Waals surface area contributed by atoms with Gasteiger partial charge in [0.25, 0.3) is 5.91 Å². The third kappa shape index (κ3) is 1.55. The Morgan fingerprint density at radius 1 is 1.67 bits per heavy atom. The van der Waals surface area contributed by atoms with E-state index >= 15 is 0 Å². The number of halogens is 2. The summed E-state index contributed by atoms with van der Waals surface area (Å²) in [5.74, 6) is 4.56. The van der Waals surface area contributed by atoms with Gasteiger partial charge in [0.05, 0.1) is 4.83 Å². The number of carbonyl (C=O) groups excluding carboxylic acids is 1. The lowest BCUT2D eigenvalue weighted by Crippen LogP contribution is -2.49. The summed E-state index contributed by atoms with van der Waals surface area (Å²) in [6.07, 6.45) is 6.89. The van der Waals surface area contributed by atoms with Gasteiger partial charge in [-0.2, -0.15) is 0 Å². The van der Waals surface area contributed by atoms with Gasteiger partial charge < -0.3 is 0 Å². The molecule has 0 aromatic heterocycles. The van der Waals surface area contributed by atoms with Crippen molar-refractivity contribution >= 4 is 33.4 Å². The van der Waals surface area contributed by atoms with E-state index in [2.05, 4.69) is 15.9 Å². The molecule has 0 heterocycles. The summed E-state index contributed by atoms with van der Waals surface area (Å²) in [6, 6.07) is 0. The average molecular weight is 252 g/mol. The summed E-state index contributed by atoms with van der Waals surface area (Å²) in [4.78, 5) is 9.87. The van der Waals surface area contributed by atoms with Crippen LogP contribution in [-0.2, 0) is 4.79 Å². The monoisotopic (exact) mass is 250 g/mol. The smallest absolute Gasteiger partial charge is 0.260 e. The van der Waals surface area contributed by atoms with Crippen LogP contribution in [0.2, 0.25) is 0 Å². The number of hydrogen-bond donors (Lipinski definition) is 2. The minimum absolute atomic E-state index is 0.236. The van der Waals surface area contributed by atoms with Gasteiger partial charge in [-0.25, -0.2) is 5.84 Å². The first kappa shape index (κ1) is 9.77. The Morgan fingerprint density at radius 3 is 2.83 bits per heavy atom. The molecule has 0 aromatic rings. The topological polar surface area (TPSA) is 55.1 Å². The van der Waals surface area contributed by atoms with Crippen molar-refractivity contribution in [3.8, 4) is 0 Å². The number of hydrazine groups is 1. The Balaban J connectivity index is 2.90. The molecule has 5 heteroatoms. The number of nitrogens with one attached hydrogen (secondary N) is 1. The third-order valence-corrected chi connectivity index (χ3v) is 3.43. The van der Waals surface area contributed by atoms with Gasteiger partial charge in [-0.05, 0) is 0 Å². The highest BCUT2D eigenvalue weighted by molar-refractivity contribution is 9.09. The van der Waals surface area contributed by atoms with Crippen LogP contribution in [0, 0.1) is 0 Å². The highest BCUT2D eigenvalue weighted by Gasteiger charge is 2.39. The van der Waals surface area contributed by atoms with E-state index in [1.54, 1.807) is 18.2 Å². The molecule has 1 amide bonds. The molecule has 0 spiro atoms. The summed E-state index contributed by atoms with van der Waals surface area (Å²) in [5, 5.41) is 0. The molecule has 1 rings (SSSR count). The summed E-state index contributed by atoms with van der Waals surface area (Å²) in [5.41, 5.74) is 2.02. The second kappa shape index (κ2) is 3.60. The van der Waals surface area contributed by atoms with Gasteiger partial charge in [-0.3, -0.25) is 10.2 Å². The van der Waals surface area contributed by atoms with Gasteiger partial charge in [-0.1, -0.05) is 40.2 Å². The number of hydrogen-bond acceptors (Lipinski definition) is 2. The molecule has 0 radical (unpaired) electrons. The zero-order valence-corrected chi connectivity index (χ0v) is 8.47. The Morgan fingerprint density at radius 2 is 2.33 bits per heavy atom. The SMILES string of the molecule is NNC(=O)C1(Cl)C=CC=CC1Br. The van der Waals surface area contributed by atoms with E-state index < -0.39 is 10.8 Å². The molecule has 0 aliphatic heterocycles. The Labute approximate surface area is 83.7 Å². The largest absolute Gasteiger partial charge is 0.292 e. The van der Waals surface area contributed by atoms with Crippen molar-refractivity contribution in [2.24, 2.45) is 5.84 Å². The van der Waals surface area contributed by atoms with Crippen molar-refractivity contribution in [3.05, 3.63) is 24.3 Å². The second-order valence-corrected chi connectivity index (χ2v) is 4.00. The summed E-state index contributed by atoms with van der Waals surface area (Å²) < 4.78 is 0. The van der Waals surface area contributed by atoms with Crippen molar-refractivity contribution in [3.63, 3.8) is 0 Å². The minimum atomic E-state index is -1.11. The van der Waals surface area contributed by atoms with Crippen molar-refractivity contribution in [2.75, 3.05) is 0 Å². The molecule has 0 saturated carbocycles. The van der Waals surface area contributed by atoms with E-state index in [0.717, 1.165) is 0 Å². The van der Waals surface area contributed by atoms with Crippen LogP contribution in [-0.4, -0.2) is 15.6 Å². The molecule has 1 aliphatic rings. The quantitative estimate of drug-likeness (QED) is 0.314. The third-order valence-electron chi connectivity index (χ3n) is 1.61. The molecule has 2 unspecified atom stereocenters. The molecular formula is C7H8BrClN2O. The molecular weight excluding hydrogens is 243 g/mol. The van der Waals surface area contributed by atoms with E-state index in [-0.39, 0.29) is 4.83 Å². The Bertz CT molecular complexity index is 254. The lowest BCUT2D eigenvalue weighted by molar-refractivity contribution is -0.122. The molecule has 2 atom stereocenters. The fraction of sp³-hybridized carbons (Fsp3) is 0.286. The molecule has 66 valence electrons. The van der Waals surface area contributed by atoms with Gasteiger partial charge >= 0.3 is 0 Å². The van der Waals surface area contributed by atoms with Gasteiger partial charge in [0.15, 0.2) is 4.87 Å². The molecule has 3 nitrogen and oxygen atoms in total. The van der Waals surface area contributed by atoms with Crippen LogP contribution < -0.4 is 11.3 Å². The number of allylic oxidation sites excluding steroid dienone is 3. The van der Waals surface area contributed by atoms with Gasteiger partial charge in [0, 0.05) is 0 Å².